The van der Waals surface area contributed by atoms with Gasteiger partial charge in [0.1, 0.15) is 0 Å². The molecule has 4 nitrogen and oxygen atoms in total. The molecule has 1 aliphatic rings. The van der Waals surface area contributed by atoms with Crippen LogP contribution in [0.2, 0.25) is 0 Å². The highest BCUT2D eigenvalue weighted by Gasteiger charge is 2.29. The number of rotatable bonds is 5. The molecule has 1 aromatic heterocycles. The van der Waals surface area contributed by atoms with E-state index in [-0.39, 0.29) is 11.8 Å². The Morgan fingerprint density at radius 2 is 1.96 bits per heavy atom. The molecule has 1 aromatic carbocycles. The lowest BCUT2D eigenvalue weighted by atomic mass is 9.95. The number of hydrogen-bond donors (Lipinski definition) is 0. The van der Waals surface area contributed by atoms with E-state index in [9.17, 15) is 4.79 Å². The Hall–Kier alpha value is -2.20. The predicted octanol–water partition coefficient (Wildman–Crippen LogP) is 3.35. The number of aromatic nitrogens is 1. The molecule has 126 valence electrons. The van der Waals surface area contributed by atoms with Crippen molar-refractivity contribution in [3.8, 4) is 0 Å². The fourth-order valence-corrected chi connectivity index (χ4v) is 3.45. The number of nitrogens with zero attached hydrogens (tertiary/aromatic N) is 3. The number of likely N-dealkylation sites (tertiary alicyclic amines) is 1. The van der Waals surface area contributed by atoms with E-state index < -0.39 is 0 Å². The van der Waals surface area contributed by atoms with E-state index in [1.165, 1.54) is 5.56 Å². The van der Waals surface area contributed by atoms with Crippen molar-refractivity contribution < 1.29 is 4.79 Å². The molecule has 0 N–H and O–H groups in total. The molecule has 1 aliphatic heterocycles. The Bertz CT molecular complexity index is 644. The fraction of sp³-hybridized carbons (Fsp3) is 0.400. The van der Waals surface area contributed by atoms with Gasteiger partial charge in [0.05, 0.1) is 5.92 Å². The highest BCUT2D eigenvalue weighted by Crippen LogP contribution is 2.23. The average molecular weight is 323 g/mol. The van der Waals surface area contributed by atoms with Gasteiger partial charge in [0.25, 0.3) is 0 Å². The van der Waals surface area contributed by atoms with Gasteiger partial charge in [-0.15, -0.1) is 0 Å². The lowest BCUT2D eigenvalue weighted by molar-refractivity contribution is -0.124. The number of carbonyl (C=O) groups excluding carboxylic acids is 1. The maximum Gasteiger partial charge on any atom is 0.231 e. The second kappa shape index (κ2) is 8.06. The smallest absolute Gasteiger partial charge is 0.231 e. The van der Waals surface area contributed by atoms with Crippen molar-refractivity contribution in [2.45, 2.75) is 26.3 Å². The Balaban J connectivity index is 1.66. The molecule has 2 heterocycles. The SMILES string of the molecule is CCN(C(=O)[C@H]1CCCN(Cc2ccccc2)C1)c1ccncc1. The van der Waals surface area contributed by atoms with Gasteiger partial charge in [-0.1, -0.05) is 30.3 Å². The van der Waals surface area contributed by atoms with Crippen LogP contribution >= 0.6 is 0 Å². The van der Waals surface area contributed by atoms with Crippen molar-refractivity contribution >= 4 is 11.6 Å². The lowest BCUT2D eigenvalue weighted by Gasteiger charge is -2.34. The van der Waals surface area contributed by atoms with Gasteiger partial charge in [-0.05, 0) is 44.0 Å². The van der Waals surface area contributed by atoms with Crippen LogP contribution in [0.5, 0.6) is 0 Å². The maximum atomic E-state index is 13.0. The highest BCUT2D eigenvalue weighted by molar-refractivity contribution is 5.95. The van der Waals surface area contributed by atoms with Crippen molar-refractivity contribution in [3.63, 3.8) is 0 Å². The quantitative estimate of drug-likeness (QED) is 0.847. The Morgan fingerprint density at radius 1 is 1.21 bits per heavy atom. The molecule has 2 aromatic rings. The number of benzene rings is 1. The van der Waals surface area contributed by atoms with Crippen LogP contribution in [-0.4, -0.2) is 35.4 Å². The standard InChI is InChI=1S/C20H25N3O/c1-2-23(19-10-12-21-13-11-19)20(24)18-9-6-14-22(16-18)15-17-7-4-3-5-8-17/h3-5,7-8,10-13,18H,2,6,9,14-16H2,1H3/t18-/m0/s1. The second-order valence-corrected chi connectivity index (χ2v) is 6.35. The number of piperidine rings is 1. The Kier molecular flexibility index (Phi) is 5.59. The Morgan fingerprint density at radius 3 is 2.67 bits per heavy atom. The molecular formula is C20H25N3O. The van der Waals surface area contributed by atoms with Crippen LogP contribution in [0.15, 0.2) is 54.9 Å². The zero-order valence-electron chi connectivity index (χ0n) is 14.3. The molecular weight excluding hydrogens is 298 g/mol. The molecule has 0 aliphatic carbocycles. The summed E-state index contributed by atoms with van der Waals surface area (Å²) in [6.07, 6.45) is 5.55. The molecule has 0 saturated carbocycles. The van der Waals surface area contributed by atoms with Crippen molar-refractivity contribution in [2.24, 2.45) is 5.92 Å². The summed E-state index contributed by atoms with van der Waals surface area (Å²) in [5.41, 5.74) is 2.25. The molecule has 24 heavy (non-hydrogen) atoms. The molecule has 0 bridgehead atoms. The van der Waals surface area contributed by atoms with Gasteiger partial charge >= 0.3 is 0 Å². The number of anilines is 1. The summed E-state index contributed by atoms with van der Waals surface area (Å²) < 4.78 is 0. The number of amides is 1. The van der Waals surface area contributed by atoms with E-state index in [1.54, 1.807) is 12.4 Å². The summed E-state index contributed by atoms with van der Waals surface area (Å²) in [7, 11) is 0. The summed E-state index contributed by atoms with van der Waals surface area (Å²) in [6.45, 7) is 5.56. The molecule has 0 unspecified atom stereocenters. The van der Waals surface area contributed by atoms with E-state index in [4.69, 9.17) is 0 Å². The molecule has 1 atom stereocenters. The summed E-state index contributed by atoms with van der Waals surface area (Å²) in [5.74, 6) is 0.317. The first-order valence-corrected chi connectivity index (χ1v) is 8.75. The number of carbonyl (C=O) groups is 1. The normalized spacial score (nSPS) is 18.3. The summed E-state index contributed by atoms with van der Waals surface area (Å²) >= 11 is 0. The molecule has 1 saturated heterocycles. The first-order chi connectivity index (χ1) is 11.8. The van der Waals surface area contributed by atoms with Gasteiger partial charge in [-0.3, -0.25) is 14.7 Å². The van der Waals surface area contributed by atoms with Gasteiger partial charge in [0.2, 0.25) is 5.91 Å². The fourth-order valence-electron chi connectivity index (χ4n) is 3.45. The van der Waals surface area contributed by atoms with Crippen molar-refractivity contribution in [1.29, 1.82) is 0 Å². The van der Waals surface area contributed by atoms with Crippen molar-refractivity contribution in [1.82, 2.24) is 9.88 Å². The molecule has 0 radical (unpaired) electrons. The largest absolute Gasteiger partial charge is 0.312 e. The first kappa shape index (κ1) is 16.7. The topological polar surface area (TPSA) is 36.4 Å². The minimum atomic E-state index is 0.0792. The van der Waals surface area contributed by atoms with Crippen LogP contribution in [0.25, 0.3) is 0 Å². The first-order valence-electron chi connectivity index (χ1n) is 8.75. The summed E-state index contributed by atoms with van der Waals surface area (Å²) in [4.78, 5) is 21.3. The van der Waals surface area contributed by atoms with Crippen LogP contribution in [0.3, 0.4) is 0 Å². The molecule has 0 spiro atoms. The van der Waals surface area contributed by atoms with Crippen LogP contribution < -0.4 is 4.90 Å². The molecule has 1 fully saturated rings. The monoisotopic (exact) mass is 323 g/mol. The average Bonchev–Trinajstić information content (AvgIpc) is 2.64. The minimum Gasteiger partial charge on any atom is -0.312 e. The molecule has 1 amide bonds. The minimum absolute atomic E-state index is 0.0792. The van der Waals surface area contributed by atoms with E-state index in [0.29, 0.717) is 6.54 Å². The van der Waals surface area contributed by atoms with Gasteiger partial charge in [-0.25, -0.2) is 0 Å². The van der Waals surface area contributed by atoms with Gasteiger partial charge in [0, 0.05) is 37.7 Å². The van der Waals surface area contributed by atoms with Crippen molar-refractivity contribution in [3.05, 3.63) is 60.4 Å². The number of hydrogen-bond acceptors (Lipinski definition) is 3. The highest BCUT2D eigenvalue weighted by atomic mass is 16.2. The third kappa shape index (κ3) is 4.01. The van der Waals surface area contributed by atoms with E-state index >= 15 is 0 Å². The lowest BCUT2D eigenvalue weighted by Crippen LogP contribution is -2.44. The second-order valence-electron chi connectivity index (χ2n) is 6.35. The van der Waals surface area contributed by atoms with Crippen molar-refractivity contribution in [2.75, 3.05) is 24.5 Å². The van der Waals surface area contributed by atoms with Crippen LogP contribution in [0.1, 0.15) is 25.3 Å². The third-order valence-electron chi connectivity index (χ3n) is 4.66. The third-order valence-corrected chi connectivity index (χ3v) is 4.66. The zero-order chi connectivity index (χ0) is 16.8. The zero-order valence-corrected chi connectivity index (χ0v) is 14.3. The van der Waals surface area contributed by atoms with Gasteiger partial charge < -0.3 is 4.90 Å². The summed E-state index contributed by atoms with van der Waals surface area (Å²) in [5, 5.41) is 0. The predicted molar refractivity (Wildman–Crippen MR) is 96.7 cm³/mol. The van der Waals surface area contributed by atoms with Crippen LogP contribution in [0, 0.1) is 5.92 Å². The Labute approximate surface area is 144 Å². The van der Waals surface area contributed by atoms with Crippen LogP contribution in [0.4, 0.5) is 5.69 Å². The van der Waals surface area contributed by atoms with Crippen LogP contribution in [-0.2, 0) is 11.3 Å². The molecule has 3 rings (SSSR count). The van der Waals surface area contributed by atoms with Gasteiger partial charge in [-0.2, -0.15) is 0 Å². The van der Waals surface area contributed by atoms with E-state index in [0.717, 1.165) is 38.2 Å². The number of pyridine rings is 1. The van der Waals surface area contributed by atoms with E-state index in [1.807, 2.05) is 30.0 Å². The molecule has 4 heteroatoms. The van der Waals surface area contributed by atoms with Gasteiger partial charge in [0.15, 0.2) is 0 Å². The maximum absolute atomic E-state index is 13.0. The summed E-state index contributed by atoms with van der Waals surface area (Å²) in [6, 6.07) is 14.3. The van der Waals surface area contributed by atoms with E-state index in [2.05, 4.69) is 34.1 Å².